The molecule has 0 heterocycles. The highest BCUT2D eigenvalue weighted by molar-refractivity contribution is 5.21. The molecule has 0 saturated carbocycles. The molecule has 0 saturated heterocycles. The zero-order chi connectivity index (χ0) is 13.6. The van der Waals surface area contributed by atoms with E-state index >= 15 is 0 Å². The molecule has 0 aliphatic rings. The summed E-state index contributed by atoms with van der Waals surface area (Å²) >= 11 is 0. The summed E-state index contributed by atoms with van der Waals surface area (Å²) in [7, 11) is 0. The van der Waals surface area contributed by atoms with E-state index in [1.54, 1.807) is 6.92 Å². The van der Waals surface area contributed by atoms with E-state index in [2.05, 4.69) is 0 Å². The zero-order valence-corrected chi connectivity index (χ0v) is 11.0. The molecule has 3 heteroatoms. The highest BCUT2D eigenvalue weighted by Gasteiger charge is 2.22. The Morgan fingerprint density at radius 3 is 2.16 bits per heavy atom. The zero-order valence-electron chi connectivity index (χ0n) is 11.0. The van der Waals surface area contributed by atoms with Crippen molar-refractivity contribution in [3.05, 3.63) is 66.2 Å². The smallest absolute Gasteiger partial charge is 0.197 e. The second-order valence-corrected chi connectivity index (χ2v) is 4.55. The van der Waals surface area contributed by atoms with Crippen molar-refractivity contribution in [2.75, 3.05) is 6.61 Å². The molecule has 19 heavy (non-hydrogen) atoms. The molecule has 2 rings (SSSR count). The summed E-state index contributed by atoms with van der Waals surface area (Å²) in [5.41, 5.74) is 1.02. The molecule has 0 aromatic heterocycles. The molecule has 0 fully saturated rings. The fraction of sp³-hybridized carbons (Fsp3) is 0.250. The predicted octanol–water partition coefficient (Wildman–Crippen LogP) is 2.99. The third-order valence-electron chi connectivity index (χ3n) is 2.64. The summed E-state index contributed by atoms with van der Waals surface area (Å²) in [5.74, 6) is -0.600. The topological polar surface area (TPSA) is 38.7 Å². The van der Waals surface area contributed by atoms with Crippen molar-refractivity contribution in [3.8, 4) is 5.75 Å². The highest BCUT2D eigenvalue weighted by atomic mass is 16.6. The second-order valence-electron chi connectivity index (χ2n) is 4.55. The van der Waals surface area contributed by atoms with E-state index in [4.69, 9.17) is 9.47 Å². The fourth-order valence-corrected chi connectivity index (χ4v) is 1.59. The number of benzene rings is 2. The first-order valence-electron chi connectivity index (χ1n) is 6.24. The fourth-order valence-electron chi connectivity index (χ4n) is 1.59. The van der Waals surface area contributed by atoms with E-state index in [-0.39, 0.29) is 6.61 Å². The maximum Gasteiger partial charge on any atom is 0.197 e. The van der Waals surface area contributed by atoms with Gasteiger partial charge in [-0.15, -0.1) is 0 Å². The first kappa shape index (κ1) is 13.6. The van der Waals surface area contributed by atoms with Gasteiger partial charge in [-0.25, -0.2) is 0 Å². The van der Waals surface area contributed by atoms with Crippen LogP contribution in [0, 0.1) is 0 Å². The van der Waals surface area contributed by atoms with Gasteiger partial charge in [-0.2, -0.15) is 0 Å². The van der Waals surface area contributed by atoms with Crippen LogP contribution < -0.4 is 4.74 Å². The minimum atomic E-state index is -1.31. The second kappa shape index (κ2) is 6.36. The molecule has 0 radical (unpaired) electrons. The Morgan fingerprint density at radius 1 is 0.947 bits per heavy atom. The Kier molecular flexibility index (Phi) is 4.55. The van der Waals surface area contributed by atoms with Crippen LogP contribution in [0.5, 0.6) is 5.75 Å². The number of hydrogen-bond acceptors (Lipinski definition) is 3. The Balaban J connectivity index is 1.82. The molecular weight excluding hydrogens is 240 g/mol. The summed E-state index contributed by atoms with van der Waals surface area (Å²) < 4.78 is 11.0. The monoisotopic (exact) mass is 258 g/mol. The van der Waals surface area contributed by atoms with Gasteiger partial charge >= 0.3 is 0 Å². The summed E-state index contributed by atoms with van der Waals surface area (Å²) in [6, 6.07) is 19.1. The number of rotatable bonds is 6. The van der Waals surface area contributed by atoms with Gasteiger partial charge in [0, 0.05) is 0 Å². The van der Waals surface area contributed by atoms with Crippen LogP contribution in [0.15, 0.2) is 60.7 Å². The van der Waals surface area contributed by atoms with Gasteiger partial charge in [-0.3, -0.25) is 0 Å². The average molecular weight is 258 g/mol. The first-order valence-corrected chi connectivity index (χ1v) is 6.24. The van der Waals surface area contributed by atoms with Gasteiger partial charge in [0.15, 0.2) is 5.79 Å². The van der Waals surface area contributed by atoms with Gasteiger partial charge in [0.2, 0.25) is 0 Å². The van der Waals surface area contributed by atoms with Crippen molar-refractivity contribution in [1.29, 1.82) is 0 Å². The van der Waals surface area contributed by atoms with Gasteiger partial charge < -0.3 is 14.6 Å². The molecule has 0 bridgehead atoms. The normalized spacial score (nSPS) is 13.8. The van der Waals surface area contributed by atoms with Crippen molar-refractivity contribution in [2.45, 2.75) is 19.3 Å². The molecule has 100 valence electrons. The average Bonchev–Trinajstić information content (AvgIpc) is 2.46. The van der Waals surface area contributed by atoms with Gasteiger partial charge in [-0.1, -0.05) is 48.5 Å². The molecule has 1 atom stereocenters. The molecule has 0 amide bonds. The molecule has 3 nitrogen and oxygen atoms in total. The lowest BCUT2D eigenvalue weighted by molar-refractivity contribution is -0.213. The van der Waals surface area contributed by atoms with Crippen LogP contribution in [-0.4, -0.2) is 17.5 Å². The minimum Gasteiger partial charge on any atom is -0.488 e. The Hall–Kier alpha value is -1.84. The van der Waals surface area contributed by atoms with E-state index in [0.717, 1.165) is 5.56 Å². The van der Waals surface area contributed by atoms with Crippen LogP contribution in [-0.2, 0) is 11.3 Å². The van der Waals surface area contributed by atoms with Crippen LogP contribution in [0.4, 0.5) is 0 Å². The van der Waals surface area contributed by atoms with Crippen molar-refractivity contribution >= 4 is 0 Å². The molecular formula is C16H18O3. The number of para-hydroxylation sites is 1. The first-order chi connectivity index (χ1) is 9.16. The van der Waals surface area contributed by atoms with Crippen molar-refractivity contribution in [3.63, 3.8) is 0 Å². The maximum absolute atomic E-state index is 10.1. The largest absolute Gasteiger partial charge is 0.488 e. The van der Waals surface area contributed by atoms with E-state index in [9.17, 15) is 5.11 Å². The summed E-state index contributed by atoms with van der Waals surface area (Å²) in [4.78, 5) is 0. The number of aliphatic hydroxyl groups is 1. The lowest BCUT2D eigenvalue weighted by Crippen LogP contribution is -2.35. The predicted molar refractivity (Wildman–Crippen MR) is 73.8 cm³/mol. The molecule has 2 aromatic carbocycles. The van der Waals surface area contributed by atoms with Gasteiger partial charge in [0.1, 0.15) is 12.4 Å². The standard InChI is InChI=1S/C16H18O3/c1-16(17,13-18-15-10-6-3-7-11-15)19-12-14-8-4-2-5-9-14/h2-11,17H,12-13H2,1H3. The van der Waals surface area contributed by atoms with Gasteiger partial charge in [0.25, 0.3) is 0 Å². The van der Waals surface area contributed by atoms with Crippen molar-refractivity contribution in [2.24, 2.45) is 0 Å². The van der Waals surface area contributed by atoms with Crippen LogP contribution in [0.25, 0.3) is 0 Å². The van der Waals surface area contributed by atoms with Crippen LogP contribution in [0.3, 0.4) is 0 Å². The summed E-state index contributed by atoms with van der Waals surface area (Å²) in [6.45, 7) is 2.04. The third kappa shape index (κ3) is 4.73. The molecule has 0 spiro atoms. The highest BCUT2D eigenvalue weighted by Crippen LogP contribution is 2.14. The SMILES string of the molecule is CC(O)(COc1ccccc1)OCc1ccccc1. The number of hydrogen-bond donors (Lipinski definition) is 1. The lowest BCUT2D eigenvalue weighted by Gasteiger charge is -2.24. The Morgan fingerprint density at radius 2 is 1.53 bits per heavy atom. The van der Waals surface area contributed by atoms with Crippen LogP contribution >= 0.6 is 0 Å². The molecule has 2 aromatic rings. The van der Waals surface area contributed by atoms with Gasteiger partial charge in [-0.05, 0) is 24.6 Å². The van der Waals surface area contributed by atoms with Crippen molar-refractivity contribution in [1.82, 2.24) is 0 Å². The number of ether oxygens (including phenoxy) is 2. The van der Waals surface area contributed by atoms with E-state index in [1.165, 1.54) is 0 Å². The van der Waals surface area contributed by atoms with E-state index in [1.807, 2.05) is 60.7 Å². The summed E-state index contributed by atoms with van der Waals surface area (Å²) in [6.07, 6.45) is 0. The van der Waals surface area contributed by atoms with E-state index in [0.29, 0.717) is 12.4 Å². The quantitative estimate of drug-likeness (QED) is 0.809. The van der Waals surface area contributed by atoms with Crippen molar-refractivity contribution < 1.29 is 14.6 Å². The van der Waals surface area contributed by atoms with Crippen LogP contribution in [0.2, 0.25) is 0 Å². The molecule has 1 unspecified atom stereocenters. The van der Waals surface area contributed by atoms with Gasteiger partial charge in [0.05, 0.1) is 6.61 Å². The minimum absolute atomic E-state index is 0.0871. The molecule has 1 N–H and O–H groups in total. The van der Waals surface area contributed by atoms with E-state index < -0.39 is 5.79 Å². The lowest BCUT2D eigenvalue weighted by atomic mass is 10.2. The maximum atomic E-state index is 10.1. The third-order valence-corrected chi connectivity index (χ3v) is 2.64. The Bertz CT molecular complexity index is 434. The summed E-state index contributed by atoms with van der Waals surface area (Å²) in [5, 5.41) is 10.1. The molecule has 0 aliphatic heterocycles. The molecule has 0 aliphatic carbocycles. The Labute approximate surface area is 113 Å². The van der Waals surface area contributed by atoms with Crippen LogP contribution in [0.1, 0.15) is 12.5 Å².